The molecule has 0 saturated carbocycles. The van der Waals surface area contributed by atoms with Crippen LogP contribution in [0.4, 0.5) is 10.1 Å². The molecule has 1 atom stereocenters. The zero-order valence-corrected chi connectivity index (χ0v) is 12.4. The molecule has 2 rings (SSSR count). The van der Waals surface area contributed by atoms with Gasteiger partial charge < -0.3 is 11.1 Å². The van der Waals surface area contributed by atoms with Gasteiger partial charge in [-0.1, -0.05) is 29.8 Å². The summed E-state index contributed by atoms with van der Waals surface area (Å²) in [7, 11) is 0. The average Bonchev–Trinajstić information content (AvgIpc) is 2.39. The third kappa shape index (κ3) is 3.26. The van der Waals surface area contributed by atoms with E-state index in [1.54, 1.807) is 12.1 Å². The van der Waals surface area contributed by atoms with E-state index in [9.17, 15) is 4.39 Å². The molecule has 19 heavy (non-hydrogen) atoms. The third-order valence-corrected chi connectivity index (χ3v) is 3.81. The van der Waals surface area contributed by atoms with Crippen molar-refractivity contribution >= 4 is 33.2 Å². The Kier molecular flexibility index (Phi) is 4.80. The zero-order valence-electron chi connectivity index (χ0n) is 10.0. The summed E-state index contributed by atoms with van der Waals surface area (Å²) in [4.78, 5) is 0. The van der Waals surface area contributed by atoms with Gasteiger partial charge in [0.2, 0.25) is 0 Å². The van der Waals surface area contributed by atoms with Crippen molar-refractivity contribution < 1.29 is 4.39 Å². The quantitative estimate of drug-likeness (QED) is 0.866. The lowest BCUT2D eigenvalue weighted by Crippen LogP contribution is -2.22. The van der Waals surface area contributed by atoms with Crippen molar-refractivity contribution in [1.29, 1.82) is 0 Å². The average molecular weight is 344 g/mol. The van der Waals surface area contributed by atoms with Gasteiger partial charge in [-0.2, -0.15) is 0 Å². The fourth-order valence-electron chi connectivity index (χ4n) is 1.86. The van der Waals surface area contributed by atoms with Gasteiger partial charge in [-0.05, 0) is 40.2 Å². The Balaban J connectivity index is 2.34. The summed E-state index contributed by atoms with van der Waals surface area (Å²) in [5, 5.41) is 3.57. The highest BCUT2D eigenvalue weighted by atomic mass is 79.9. The first kappa shape index (κ1) is 14.3. The molecule has 100 valence electrons. The van der Waals surface area contributed by atoms with Crippen molar-refractivity contribution in [2.24, 2.45) is 5.73 Å². The number of nitrogens with two attached hydrogens (primary N) is 1. The molecule has 0 aliphatic heterocycles. The predicted molar refractivity (Wildman–Crippen MR) is 81.0 cm³/mol. The molecule has 2 aromatic carbocycles. The minimum absolute atomic E-state index is 0.238. The molecule has 0 bridgehead atoms. The topological polar surface area (TPSA) is 38.0 Å². The molecule has 0 fully saturated rings. The van der Waals surface area contributed by atoms with Gasteiger partial charge in [0.15, 0.2) is 0 Å². The molecule has 0 heterocycles. The molecule has 0 aromatic heterocycles. The molecule has 2 nitrogen and oxygen atoms in total. The highest BCUT2D eigenvalue weighted by Gasteiger charge is 2.18. The van der Waals surface area contributed by atoms with Gasteiger partial charge in [0, 0.05) is 27.3 Å². The molecule has 0 aliphatic carbocycles. The van der Waals surface area contributed by atoms with Crippen LogP contribution in [-0.4, -0.2) is 6.54 Å². The highest BCUT2D eigenvalue weighted by Crippen LogP contribution is 2.30. The molecule has 5 heteroatoms. The van der Waals surface area contributed by atoms with Crippen molar-refractivity contribution in [3.05, 3.63) is 63.3 Å². The SMILES string of the molecule is NCC(Nc1ccccc1Br)c1c(F)cccc1Cl. The second-order valence-electron chi connectivity index (χ2n) is 4.05. The first-order valence-electron chi connectivity index (χ1n) is 5.78. The third-order valence-electron chi connectivity index (χ3n) is 2.79. The first-order chi connectivity index (χ1) is 9.13. The number of hydrogen-bond acceptors (Lipinski definition) is 2. The smallest absolute Gasteiger partial charge is 0.130 e. The number of hydrogen-bond donors (Lipinski definition) is 2. The Morgan fingerprint density at radius 2 is 1.95 bits per heavy atom. The summed E-state index contributed by atoms with van der Waals surface area (Å²) < 4.78 is 14.8. The Labute approximate surface area is 124 Å². The number of anilines is 1. The Morgan fingerprint density at radius 3 is 2.58 bits per heavy atom. The van der Waals surface area contributed by atoms with Gasteiger partial charge in [-0.25, -0.2) is 4.39 Å². The van der Waals surface area contributed by atoms with E-state index >= 15 is 0 Å². The summed E-state index contributed by atoms with van der Waals surface area (Å²) in [6.45, 7) is 0.238. The minimum Gasteiger partial charge on any atom is -0.376 e. The van der Waals surface area contributed by atoms with Crippen molar-refractivity contribution in [2.45, 2.75) is 6.04 Å². The largest absolute Gasteiger partial charge is 0.376 e. The summed E-state index contributed by atoms with van der Waals surface area (Å²) in [5.74, 6) is -0.359. The summed E-state index contributed by atoms with van der Waals surface area (Å²) in [5.41, 5.74) is 6.97. The highest BCUT2D eigenvalue weighted by molar-refractivity contribution is 9.10. The van der Waals surface area contributed by atoms with Crippen molar-refractivity contribution in [1.82, 2.24) is 0 Å². The maximum absolute atomic E-state index is 13.9. The Hall–Kier alpha value is -1.10. The predicted octanol–water partition coefficient (Wildman–Crippen LogP) is 4.35. The fraction of sp³-hybridized carbons (Fsp3) is 0.143. The fourth-order valence-corrected chi connectivity index (χ4v) is 2.55. The van der Waals surface area contributed by atoms with Crippen LogP contribution in [-0.2, 0) is 0 Å². The van der Waals surface area contributed by atoms with Gasteiger partial charge >= 0.3 is 0 Å². The summed E-state index contributed by atoms with van der Waals surface area (Å²) in [6.07, 6.45) is 0. The van der Waals surface area contributed by atoms with Crippen LogP contribution in [0.3, 0.4) is 0 Å². The molecule has 1 unspecified atom stereocenters. The molecule has 0 saturated heterocycles. The molecular weight excluding hydrogens is 331 g/mol. The summed E-state index contributed by atoms with van der Waals surface area (Å²) >= 11 is 9.50. The Morgan fingerprint density at radius 1 is 1.21 bits per heavy atom. The Bertz CT molecular complexity index is 557. The van der Waals surface area contributed by atoms with Gasteiger partial charge in [-0.15, -0.1) is 0 Å². The van der Waals surface area contributed by atoms with Crippen LogP contribution in [0.1, 0.15) is 11.6 Å². The molecular formula is C14H13BrClFN2. The standard InChI is InChI=1S/C14H13BrClFN2/c15-9-4-1-2-7-12(9)19-13(8-18)14-10(16)5-3-6-11(14)17/h1-7,13,19H,8,18H2. The van der Waals surface area contributed by atoms with Gasteiger partial charge in [0.25, 0.3) is 0 Å². The maximum atomic E-state index is 13.9. The lowest BCUT2D eigenvalue weighted by atomic mass is 10.1. The molecule has 0 amide bonds. The van der Waals surface area contributed by atoms with E-state index in [-0.39, 0.29) is 18.4 Å². The normalized spacial score (nSPS) is 12.2. The van der Waals surface area contributed by atoms with Crippen LogP contribution in [0.15, 0.2) is 46.9 Å². The number of para-hydroxylation sites is 1. The van der Waals surface area contributed by atoms with E-state index in [1.807, 2.05) is 24.3 Å². The van der Waals surface area contributed by atoms with E-state index in [0.29, 0.717) is 10.6 Å². The van der Waals surface area contributed by atoms with Gasteiger partial charge in [0.1, 0.15) is 5.82 Å². The lowest BCUT2D eigenvalue weighted by Gasteiger charge is -2.21. The second-order valence-corrected chi connectivity index (χ2v) is 5.31. The van der Waals surface area contributed by atoms with Gasteiger partial charge in [0.05, 0.1) is 6.04 Å². The van der Waals surface area contributed by atoms with E-state index in [0.717, 1.165) is 10.2 Å². The number of halogens is 3. The summed E-state index contributed by atoms with van der Waals surface area (Å²) in [6, 6.07) is 11.8. The molecule has 3 N–H and O–H groups in total. The van der Waals surface area contributed by atoms with Crippen LogP contribution in [0.2, 0.25) is 5.02 Å². The van der Waals surface area contributed by atoms with E-state index in [4.69, 9.17) is 17.3 Å². The molecule has 0 radical (unpaired) electrons. The number of rotatable bonds is 4. The number of benzene rings is 2. The molecule has 0 aliphatic rings. The van der Waals surface area contributed by atoms with Crippen LogP contribution in [0.5, 0.6) is 0 Å². The van der Waals surface area contributed by atoms with Gasteiger partial charge in [-0.3, -0.25) is 0 Å². The van der Waals surface area contributed by atoms with Crippen LogP contribution < -0.4 is 11.1 Å². The first-order valence-corrected chi connectivity index (χ1v) is 6.95. The zero-order chi connectivity index (χ0) is 13.8. The minimum atomic E-state index is -0.382. The van der Waals surface area contributed by atoms with E-state index < -0.39 is 0 Å². The molecule has 0 spiro atoms. The van der Waals surface area contributed by atoms with Crippen LogP contribution >= 0.6 is 27.5 Å². The van der Waals surface area contributed by atoms with Crippen molar-refractivity contribution in [3.8, 4) is 0 Å². The van der Waals surface area contributed by atoms with Crippen molar-refractivity contribution in [3.63, 3.8) is 0 Å². The van der Waals surface area contributed by atoms with E-state index in [2.05, 4.69) is 21.2 Å². The van der Waals surface area contributed by atoms with E-state index in [1.165, 1.54) is 6.07 Å². The lowest BCUT2D eigenvalue weighted by molar-refractivity contribution is 0.593. The monoisotopic (exact) mass is 342 g/mol. The maximum Gasteiger partial charge on any atom is 0.130 e. The van der Waals surface area contributed by atoms with Crippen molar-refractivity contribution in [2.75, 3.05) is 11.9 Å². The second kappa shape index (κ2) is 6.37. The number of nitrogens with one attached hydrogen (secondary N) is 1. The molecule has 2 aromatic rings. The van der Waals surface area contributed by atoms with Crippen LogP contribution in [0.25, 0.3) is 0 Å². The van der Waals surface area contributed by atoms with Crippen LogP contribution in [0, 0.1) is 5.82 Å².